The lowest BCUT2D eigenvalue weighted by Gasteiger charge is -2.04. The van der Waals surface area contributed by atoms with E-state index in [1.54, 1.807) is 5.38 Å². The Kier molecular flexibility index (Phi) is 2.97. The number of hydrogen-bond acceptors (Lipinski definition) is 3. The van der Waals surface area contributed by atoms with Crippen LogP contribution < -0.4 is 4.74 Å². The van der Waals surface area contributed by atoms with Gasteiger partial charge in [0.1, 0.15) is 0 Å². The van der Waals surface area contributed by atoms with E-state index >= 15 is 0 Å². The maximum atomic E-state index is 13.2. The van der Waals surface area contributed by atoms with E-state index in [0.29, 0.717) is 4.47 Å². The van der Waals surface area contributed by atoms with Crippen LogP contribution in [0, 0.1) is 11.6 Å². The molecule has 0 saturated carbocycles. The van der Waals surface area contributed by atoms with Gasteiger partial charge in [0.05, 0.1) is 0 Å². The number of nitrogens with zero attached hydrogens (tertiary/aromatic N) is 1. The minimum absolute atomic E-state index is 0.183. The molecule has 0 aliphatic heterocycles. The Morgan fingerprint density at radius 2 is 2.13 bits per heavy atom. The lowest BCUT2D eigenvalue weighted by molar-refractivity contribution is 0.413. The molecule has 0 aliphatic rings. The molecule has 0 bridgehead atoms. The standard InChI is InChI=1S/C9H4BrF2NOS/c10-5-3-6(11)8(12)7(4-5)14-9-13-1-2-15-9/h1-4H. The monoisotopic (exact) mass is 291 g/mol. The first-order chi connectivity index (χ1) is 7.16. The van der Waals surface area contributed by atoms with Crippen LogP contribution in [0.5, 0.6) is 10.9 Å². The molecular weight excluding hydrogens is 288 g/mol. The van der Waals surface area contributed by atoms with E-state index in [0.717, 1.165) is 6.07 Å². The molecule has 15 heavy (non-hydrogen) atoms. The first-order valence-electron chi connectivity index (χ1n) is 3.88. The van der Waals surface area contributed by atoms with Crippen LogP contribution in [-0.2, 0) is 0 Å². The Balaban J connectivity index is 2.36. The van der Waals surface area contributed by atoms with Crippen molar-refractivity contribution < 1.29 is 13.5 Å². The smallest absolute Gasteiger partial charge is 0.278 e. The molecule has 0 saturated heterocycles. The highest BCUT2D eigenvalue weighted by Crippen LogP contribution is 2.30. The molecule has 0 fully saturated rings. The Bertz CT molecular complexity index is 475. The zero-order valence-electron chi connectivity index (χ0n) is 7.21. The first kappa shape index (κ1) is 10.5. The predicted molar refractivity (Wildman–Crippen MR) is 56.2 cm³/mol. The fraction of sp³-hybridized carbons (Fsp3) is 0. The van der Waals surface area contributed by atoms with E-state index in [2.05, 4.69) is 20.9 Å². The first-order valence-corrected chi connectivity index (χ1v) is 5.56. The van der Waals surface area contributed by atoms with Crippen LogP contribution in [-0.4, -0.2) is 4.98 Å². The van der Waals surface area contributed by atoms with Crippen molar-refractivity contribution in [3.63, 3.8) is 0 Å². The molecule has 1 heterocycles. The van der Waals surface area contributed by atoms with Gasteiger partial charge >= 0.3 is 0 Å². The van der Waals surface area contributed by atoms with Gasteiger partial charge in [-0.1, -0.05) is 27.3 Å². The molecule has 2 aromatic rings. The minimum atomic E-state index is -1.02. The van der Waals surface area contributed by atoms with Gasteiger partial charge < -0.3 is 4.74 Å². The summed E-state index contributed by atoms with van der Waals surface area (Å²) in [6, 6.07) is 2.38. The molecule has 2 nitrogen and oxygen atoms in total. The highest BCUT2D eigenvalue weighted by atomic mass is 79.9. The Morgan fingerprint density at radius 3 is 2.80 bits per heavy atom. The van der Waals surface area contributed by atoms with Gasteiger partial charge in [0.15, 0.2) is 11.6 Å². The average Bonchev–Trinajstić information content (AvgIpc) is 2.66. The second-order valence-electron chi connectivity index (χ2n) is 2.60. The van der Waals surface area contributed by atoms with Gasteiger partial charge in [0.2, 0.25) is 5.82 Å². The molecule has 0 amide bonds. The van der Waals surface area contributed by atoms with Crippen LogP contribution in [0.25, 0.3) is 0 Å². The van der Waals surface area contributed by atoms with Crippen LogP contribution in [0.3, 0.4) is 0 Å². The summed E-state index contributed by atoms with van der Waals surface area (Å²) in [5.74, 6) is -2.17. The summed E-state index contributed by atoms with van der Waals surface area (Å²) in [4.78, 5) is 3.80. The molecule has 0 unspecified atom stereocenters. The molecule has 0 radical (unpaired) electrons. The molecule has 2 rings (SSSR count). The van der Waals surface area contributed by atoms with Gasteiger partial charge in [0.25, 0.3) is 5.19 Å². The summed E-state index contributed by atoms with van der Waals surface area (Å²) in [5.41, 5.74) is 0. The average molecular weight is 292 g/mol. The number of benzene rings is 1. The number of halogens is 3. The third-order valence-electron chi connectivity index (χ3n) is 1.57. The lowest BCUT2D eigenvalue weighted by atomic mass is 10.3. The molecular formula is C9H4BrF2NOS. The summed E-state index contributed by atoms with van der Waals surface area (Å²) in [5, 5.41) is 1.95. The maximum absolute atomic E-state index is 13.2. The van der Waals surface area contributed by atoms with Crippen molar-refractivity contribution in [3.05, 3.63) is 39.8 Å². The fourth-order valence-corrected chi connectivity index (χ4v) is 1.87. The van der Waals surface area contributed by atoms with Crippen LogP contribution >= 0.6 is 27.3 Å². The molecule has 0 N–H and O–H groups in total. The van der Waals surface area contributed by atoms with Crippen LogP contribution in [0.2, 0.25) is 0 Å². The summed E-state index contributed by atoms with van der Waals surface area (Å²) < 4.78 is 31.7. The SMILES string of the molecule is Fc1cc(Br)cc(Oc2nccs2)c1F. The lowest BCUT2D eigenvalue weighted by Crippen LogP contribution is -1.91. The maximum Gasteiger partial charge on any atom is 0.278 e. The van der Waals surface area contributed by atoms with Crippen LogP contribution in [0.1, 0.15) is 0 Å². The van der Waals surface area contributed by atoms with Gasteiger partial charge in [-0.05, 0) is 12.1 Å². The number of thiazole rings is 1. The van der Waals surface area contributed by atoms with E-state index < -0.39 is 11.6 Å². The van der Waals surface area contributed by atoms with Gasteiger partial charge in [-0.3, -0.25) is 0 Å². The van der Waals surface area contributed by atoms with Gasteiger partial charge in [-0.2, -0.15) is 4.39 Å². The topological polar surface area (TPSA) is 22.1 Å². The van der Waals surface area contributed by atoms with Crippen molar-refractivity contribution in [3.8, 4) is 10.9 Å². The van der Waals surface area contributed by atoms with Gasteiger partial charge in [-0.15, -0.1) is 0 Å². The highest BCUT2D eigenvalue weighted by Gasteiger charge is 2.12. The summed E-state index contributed by atoms with van der Waals surface area (Å²) in [6.45, 7) is 0. The van der Waals surface area contributed by atoms with Gasteiger partial charge in [0, 0.05) is 16.0 Å². The van der Waals surface area contributed by atoms with Crippen molar-refractivity contribution >= 4 is 27.3 Å². The summed E-state index contributed by atoms with van der Waals surface area (Å²) >= 11 is 4.25. The molecule has 78 valence electrons. The Hall–Kier alpha value is -1.01. The third kappa shape index (κ3) is 2.32. The molecule has 1 aromatic heterocycles. The van der Waals surface area contributed by atoms with Crippen LogP contribution in [0.15, 0.2) is 28.2 Å². The zero-order chi connectivity index (χ0) is 10.8. The van der Waals surface area contributed by atoms with Gasteiger partial charge in [-0.25, -0.2) is 9.37 Å². The second-order valence-corrected chi connectivity index (χ2v) is 4.37. The molecule has 0 atom stereocenters. The number of aromatic nitrogens is 1. The minimum Gasteiger partial charge on any atom is -0.428 e. The van der Waals surface area contributed by atoms with Crippen molar-refractivity contribution in [1.29, 1.82) is 0 Å². The summed E-state index contributed by atoms with van der Waals surface area (Å²) in [6.07, 6.45) is 1.52. The largest absolute Gasteiger partial charge is 0.428 e. The van der Waals surface area contributed by atoms with E-state index in [4.69, 9.17) is 4.74 Å². The van der Waals surface area contributed by atoms with E-state index in [1.807, 2.05) is 0 Å². The zero-order valence-corrected chi connectivity index (χ0v) is 9.61. The number of hydrogen-bond donors (Lipinski definition) is 0. The van der Waals surface area contributed by atoms with Crippen molar-refractivity contribution in [1.82, 2.24) is 4.98 Å². The van der Waals surface area contributed by atoms with E-state index in [-0.39, 0.29) is 10.9 Å². The molecule has 1 aromatic carbocycles. The normalized spacial score (nSPS) is 10.3. The Morgan fingerprint density at radius 1 is 1.33 bits per heavy atom. The fourth-order valence-electron chi connectivity index (χ4n) is 0.961. The van der Waals surface area contributed by atoms with Crippen molar-refractivity contribution in [2.75, 3.05) is 0 Å². The number of ether oxygens (including phenoxy) is 1. The Labute approximate surface area is 96.7 Å². The molecule has 0 aliphatic carbocycles. The third-order valence-corrected chi connectivity index (χ3v) is 2.67. The molecule has 0 spiro atoms. The quantitative estimate of drug-likeness (QED) is 0.781. The molecule has 6 heteroatoms. The number of rotatable bonds is 2. The van der Waals surface area contributed by atoms with E-state index in [9.17, 15) is 8.78 Å². The van der Waals surface area contributed by atoms with E-state index in [1.165, 1.54) is 23.6 Å². The predicted octanol–water partition coefficient (Wildman–Crippen LogP) is 3.98. The van der Waals surface area contributed by atoms with Crippen molar-refractivity contribution in [2.24, 2.45) is 0 Å². The summed E-state index contributed by atoms with van der Waals surface area (Å²) in [7, 11) is 0. The second kappa shape index (κ2) is 4.24. The van der Waals surface area contributed by atoms with Crippen molar-refractivity contribution in [2.45, 2.75) is 0 Å². The van der Waals surface area contributed by atoms with Crippen LogP contribution in [0.4, 0.5) is 8.78 Å². The highest BCUT2D eigenvalue weighted by molar-refractivity contribution is 9.10.